The molecule has 0 bridgehead atoms. The predicted molar refractivity (Wildman–Crippen MR) is 166 cm³/mol. The van der Waals surface area contributed by atoms with E-state index in [4.69, 9.17) is 9.47 Å². The van der Waals surface area contributed by atoms with Gasteiger partial charge in [0.15, 0.2) is 0 Å². The Bertz CT molecular complexity index is 1440. The molecule has 1 unspecified atom stereocenters. The van der Waals surface area contributed by atoms with Crippen LogP contribution in [-0.2, 0) is 25.7 Å². The Morgan fingerprint density at radius 3 is 2.36 bits per heavy atom. The van der Waals surface area contributed by atoms with Crippen molar-refractivity contribution in [2.24, 2.45) is 11.8 Å². The number of nitrogens with zero attached hydrogens (tertiary/aromatic N) is 3. The Balaban J connectivity index is 1.38. The van der Waals surface area contributed by atoms with E-state index in [0.29, 0.717) is 51.3 Å². The lowest BCUT2D eigenvalue weighted by atomic mass is 9.74. The number of benzene rings is 2. The van der Waals surface area contributed by atoms with Crippen molar-refractivity contribution in [3.63, 3.8) is 0 Å². The van der Waals surface area contributed by atoms with Gasteiger partial charge >= 0.3 is 0 Å². The first-order chi connectivity index (χ1) is 21.3. The van der Waals surface area contributed by atoms with Crippen LogP contribution >= 0.6 is 0 Å². The van der Waals surface area contributed by atoms with Crippen LogP contribution in [0.1, 0.15) is 38.7 Å². The normalized spacial score (nSPS) is 29.4. The highest BCUT2D eigenvalue weighted by atomic mass is 16.5. The van der Waals surface area contributed by atoms with Crippen LogP contribution in [0.5, 0.6) is 5.75 Å². The van der Waals surface area contributed by atoms with Crippen molar-refractivity contribution in [3.8, 4) is 5.75 Å². The van der Waals surface area contributed by atoms with Gasteiger partial charge in [0.05, 0.1) is 24.0 Å². The van der Waals surface area contributed by atoms with Crippen LogP contribution in [0, 0.1) is 11.8 Å². The topological polar surface area (TPSA) is 99.6 Å². The number of ether oxygens (including phenoxy) is 2. The first-order valence-electron chi connectivity index (χ1n) is 15.7. The highest BCUT2D eigenvalue weighted by Gasteiger charge is 2.74. The molecule has 0 radical (unpaired) electrons. The van der Waals surface area contributed by atoms with Gasteiger partial charge in [0.2, 0.25) is 17.7 Å². The second-order valence-corrected chi connectivity index (χ2v) is 12.2. The first-order valence-corrected chi connectivity index (χ1v) is 15.7. The van der Waals surface area contributed by atoms with E-state index in [1.165, 1.54) is 0 Å². The number of rotatable bonds is 10. The van der Waals surface area contributed by atoms with Gasteiger partial charge in [0.25, 0.3) is 0 Å². The number of fused-ring (bicyclic) bond motifs is 2. The summed E-state index contributed by atoms with van der Waals surface area (Å²) in [4.78, 5) is 48.7. The van der Waals surface area contributed by atoms with E-state index < -0.39 is 29.1 Å². The standard InChI is InChI=1S/C35H41N3O6/c1-3-43-27-16-14-26(15-17-27)37-22-10-18-34(2)28(31(37)40)29-32(41)38(21-8-5-9-23-39)30-33(42)36(20-11-19-35(29,30)44-34)24-25-12-6-4-7-13-25/h4,6-7,10-19,28-30,39H,3,5,8-9,20-24H2,1-2H3/t28-,29-,30?,34+,35-/m0/s1. The maximum absolute atomic E-state index is 14.5. The molecule has 2 fully saturated rings. The van der Waals surface area contributed by atoms with E-state index in [-0.39, 0.29) is 24.3 Å². The molecule has 1 spiro atoms. The third-order valence-electron chi connectivity index (χ3n) is 9.37. The van der Waals surface area contributed by atoms with E-state index in [2.05, 4.69) is 0 Å². The summed E-state index contributed by atoms with van der Waals surface area (Å²) in [7, 11) is 0. The Morgan fingerprint density at radius 2 is 1.64 bits per heavy atom. The van der Waals surface area contributed by atoms with E-state index in [9.17, 15) is 19.5 Å². The third-order valence-corrected chi connectivity index (χ3v) is 9.37. The first kappa shape index (κ1) is 30.1. The summed E-state index contributed by atoms with van der Waals surface area (Å²) in [5.41, 5.74) is -0.679. The van der Waals surface area contributed by atoms with Crippen LogP contribution in [0.3, 0.4) is 0 Å². The summed E-state index contributed by atoms with van der Waals surface area (Å²) in [5, 5.41) is 9.33. The second kappa shape index (κ2) is 12.2. The average molecular weight is 600 g/mol. The predicted octanol–water partition coefficient (Wildman–Crippen LogP) is 3.72. The number of likely N-dealkylation sites (tertiary alicyclic amines) is 1. The molecule has 0 aromatic heterocycles. The number of aliphatic hydroxyl groups is 1. The van der Waals surface area contributed by atoms with Crippen LogP contribution in [0.4, 0.5) is 5.69 Å². The molecule has 4 heterocycles. The van der Waals surface area contributed by atoms with E-state index in [0.717, 1.165) is 17.7 Å². The summed E-state index contributed by atoms with van der Waals surface area (Å²) in [6, 6.07) is 16.3. The van der Waals surface area contributed by atoms with Gasteiger partial charge in [0, 0.05) is 38.5 Å². The number of amides is 3. The maximum Gasteiger partial charge on any atom is 0.249 e. The summed E-state index contributed by atoms with van der Waals surface area (Å²) in [6.45, 7) is 5.86. The molecule has 232 valence electrons. The quantitative estimate of drug-likeness (QED) is 0.330. The molecule has 4 aliphatic rings. The number of carbonyl (C=O) groups excluding carboxylic acids is 3. The smallest absolute Gasteiger partial charge is 0.249 e. The number of unbranched alkanes of at least 4 members (excludes halogenated alkanes) is 2. The summed E-state index contributed by atoms with van der Waals surface area (Å²) >= 11 is 0. The fraction of sp³-hybridized carbons (Fsp3) is 0.457. The number of carbonyl (C=O) groups is 3. The summed E-state index contributed by atoms with van der Waals surface area (Å²) in [5.74, 6) is -1.60. The SMILES string of the molecule is CCOc1ccc(N2CC=C[C@@]3(C)O[C@]45C=CCN(Cc6ccccc6)C(=O)C4N(CCCCCO)C(=O)[C@@H]5[C@H]3C2=O)cc1. The molecule has 2 saturated heterocycles. The van der Waals surface area contributed by atoms with Crippen molar-refractivity contribution in [2.75, 3.05) is 37.7 Å². The molecule has 6 rings (SSSR count). The maximum atomic E-state index is 14.5. The van der Waals surface area contributed by atoms with Crippen LogP contribution in [0.2, 0.25) is 0 Å². The molecule has 2 aromatic carbocycles. The van der Waals surface area contributed by atoms with Crippen LogP contribution in [-0.4, -0.2) is 82.7 Å². The zero-order valence-corrected chi connectivity index (χ0v) is 25.4. The van der Waals surface area contributed by atoms with Crippen LogP contribution < -0.4 is 9.64 Å². The van der Waals surface area contributed by atoms with Gasteiger partial charge in [-0.25, -0.2) is 0 Å². The molecule has 3 amide bonds. The minimum atomic E-state index is -1.29. The minimum absolute atomic E-state index is 0.0716. The second-order valence-electron chi connectivity index (χ2n) is 12.2. The molecule has 5 atom stereocenters. The van der Waals surface area contributed by atoms with Crippen LogP contribution in [0.15, 0.2) is 78.9 Å². The van der Waals surface area contributed by atoms with Crippen molar-refractivity contribution >= 4 is 23.4 Å². The zero-order chi connectivity index (χ0) is 30.9. The lowest BCUT2D eigenvalue weighted by Crippen LogP contribution is -2.55. The monoisotopic (exact) mass is 599 g/mol. The van der Waals surface area contributed by atoms with E-state index in [1.807, 2.05) is 92.7 Å². The van der Waals surface area contributed by atoms with Crippen molar-refractivity contribution in [2.45, 2.75) is 56.9 Å². The zero-order valence-electron chi connectivity index (χ0n) is 25.4. The van der Waals surface area contributed by atoms with Gasteiger partial charge in [-0.15, -0.1) is 0 Å². The molecular weight excluding hydrogens is 558 g/mol. The highest BCUT2D eigenvalue weighted by Crippen LogP contribution is 2.57. The number of aliphatic hydroxyl groups excluding tert-OH is 1. The Hall–Kier alpha value is -3.95. The number of anilines is 1. The van der Waals surface area contributed by atoms with E-state index in [1.54, 1.807) is 14.7 Å². The van der Waals surface area contributed by atoms with Gasteiger partial charge in [-0.3, -0.25) is 14.4 Å². The molecule has 44 heavy (non-hydrogen) atoms. The van der Waals surface area contributed by atoms with Gasteiger partial charge < -0.3 is 29.3 Å². The molecule has 2 aromatic rings. The van der Waals surface area contributed by atoms with E-state index >= 15 is 0 Å². The van der Waals surface area contributed by atoms with Crippen molar-refractivity contribution in [1.29, 1.82) is 0 Å². The average Bonchev–Trinajstić information content (AvgIpc) is 3.29. The van der Waals surface area contributed by atoms with Crippen molar-refractivity contribution in [3.05, 3.63) is 84.5 Å². The molecular formula is C35H41N3O6. The Morgan fingerprint density at radius 1 is 0.886 bits per heavy atom. The summed E-state index contributed by atoms with van der Waals surface area (Å²) < 4.78 is 12.5. The molecule has 9 heteroatoms. The van der Waals surface area contributed by atoms with Crippen molar-refractivity contribution in [1.82, 2.24) is 9.80 Å². The number of hydrogen-bond acceptors (Lipinski definition) is 6. The van der Waals surface area contributed by atoms with Gasteiger partial charge in [-0.1, -0.05) is 54.6 Å². The van der Waals surface area contributed by atoms with Gasteiger partial charge in [0.1, 0.15) is 17.4 Å². The third kappa shape index (κ3) is 5.12. The summed E-state index contributed by atoms with van der Waals surface area (Å²) in [6.07, 6.45) is 9.60. The Labute approximate surface area is 258 Å². The minimum Gasteiger partial charge on any atom is -0.494 e. The molecule has 1 N–H and O–H groups in total. The highest BCUT2D eigenvalue weighted by molar-refractivity contribution is 6.04. The Kier molecular flexibility index (Phi) is 8.35. The van der Waals surface area contributed by atoms with Gasteiger partial charge in [-0.05, 0) is 62.9 Å². The lowest BCUT2D eigenvalue weighted by Gasteiger charge is -2.37. The molecule has 0 saturated carbocycles. The molecule has 4 aliphatic heterocycles. The van der Waals surface area contributed by atoms with Crippen LogP contribution in [0.25, 0.3) is 0 Å². The fourth-order valence-corrected chi connectivity index (χ4v) is 7.45. The molecule has 0 aliphatic carbocycles. The van der Waals surface area contributed by atoms with Gasteiger partial charge in [-0.2, -0.15) is 0 Å². The largest absolute Gasteiger partial charge is 0.494 e. The van der Waals surface area contributed by atoms with Crippen molar-refractivity contribution < 1.29 is 29.0 Å². The number of hydrogen-bond donors (Lipinski definition) is 1. The molecule has 9 nitrogen and oxygen atoms in total. The fourth-order valence-electron chi connectivity index (χ4n) is 7.45. The lowest BCUT2D eigenvalue weighted by molar-refractivity contribution is -0.151.